The fourth-order valence-electron chi connectivity index (χ4n) is 3.40. The molecule has 0 radical (unpaired) electrons. The molecule has 0 heterocycles. The van der Waals surface area contributed by atoms with E-state index in [-0.39, 0.29) is 23.7 Å². The molecule has 1 saturated carbocycles. The van der Waals surface area contributed by atoms with Crippen molar-refractivity contribution in [2.24, 2.45) is 11.8 Å². The lowest BCUT2D eigenvalue weighted by Crippen LogP contribution is -2.32. The molecule has 0 atom stereocenters. The van der Waals surface area contributed by atoms with Crippen LogP contribution < -0.4 is 10.6 Å². The molecular formula is C22H20N4O2. The van der Waals surface area contributed by atoms with Gasteiger partial charge in [-0.05, 0) is 68.1 Å². The maximum absolute atomic E-state index is 12.5. The largest absolute Gasteiger partial charge is 0.326 e. The number of nitriles is 2. The summed E-state index contributed by atoms with van der Waals surface area (Å²) in [5.41, 5.74) is 2.33. The molecule has 1 aliphatic carbocycles. The zero-order valence-electron chi connectivity index (χ0n) is 15.3. The van der Waals surface area contributed by atoms with E-state index in [0.29, 0.717) is 48.2 Å². The van der Waals surface area contributed by atoms with Crippen molar-refractivity contribution in [1.29, 1.82) is 10.5 Å². The SMILES string of the molecule is N#Cc1ccc(NC(=O)C2CCC(C(=O)Nc3cccc(C#N)c3)CC2)cc1. The Balaban J connectivity index is 1.50. The van der Waals surface area contributed by atoms with Gasteiger partial charge in [0.2, 0.25) is 11.8 Å². The van der Waals surface area contributed by atoms with Crippen LogP contribution >= 0.6 is 0 Å². The zero-order valence-corrected chi connectivity index (χ0v) is 15.3. The number of nitrogens with one attached hydrogen (secondary N) is 2. The van der Waals surface area contributed by atoms with Crippen LogP contribution in [0.3, 0.4) is 0 Å². The monoisotopic (exact) mass is 372 g/mol. The average molecular weight is 372 g/mol. The Labute approximate surface area is 163 Å². The van der Waals surface area contributed by atoms with E-state index in [1.807, 2.05) is 6.07 Å². The van der Waals surface area contributed by atoms with Crippen LogP contribution in [0.25, 0.3) is 0 Å². The lowest BCUT2D eigenvalue weighted by molar-refractivity contribution is -0.125. The third kappa shape index (κ3) is 4.75. The Morgan fingerprint density at radius 3 is 1.82 bits per heavy atom. The molecule has 6 nitrogen and oxygen atoms in total. The van der Waals surface area contributed by atoms with Gasteiger partial charge in [0.1, 0.15) is 0 Å². The Kier molecular flexibility index (Phi) is 6.04. The highest BCUT2D eigenvalue weighted by molar-refractivity contribution is 5.94. The third-order valence-corrected chi connectivity index (χ3v) is 5.01. The molecule has 140 valence electrons. The number of hydrogen-bond donors (Lipinski definition) is 2. The van der Waals surface area contributed by atoms with Gasteiger partial charge in [0.05, 0.1) is 23.3 Å². The predicted octanol–water partition coefficient (Wildman–Crippen LogP) is 3.81. The molecule has 0 spiro atoms. The minimum absolute atomic E-state index is 0.0507. The number of hydrogen-bond acceptors (Lipinski definition) is 4. The van der Waals surface area contributed by atoms with Crippen molar-refractivity contribution in [1.82, 2.24) is 0 Å². The molecule has 0 bridgehead atoms. The summed E-state index contributed by atoms with van der Waals surface area (Å²) in [6.07, 6.45) is 2.60. The highest BCUT2D eigenvalue weighted by atomic mass is 16.2. The first kappa shape index (κ1) is 19.1. The quantitative estimate of drug-likeness (QED) is 0.851. The van der Waals surface area contributed by atoms with Gasteiger partial charge < -0.3 is 10.6 Å². The first-order valence-electron chi connectivity index (χ1n) is 9.21. The number of amides is 2. The Morgan fingerprint density at radius 2 is 1.29 bits per heavy atom. The van der Waals surface area contributed by atoms with Gasteiger partial charge in [-0.3, -0.25) is 9.59 Å². The van der Waals surface area contributed by atoms with E-state index >= 15 is 0 Å². The van der Waals surface area contributed by atoms with Crippen molar-refractivity contribution in [2.45, 2.75) is 25.7 Å². The van der Waals surface area contributed by atoms with Crippen LogP contribution in [0.4, 0.5) is 11.4 Å². The van der Waals surface area contributed by atoms with Crippen molar-refractivity contribution in [3.05, 3.63) is 59.7 Å². The van der Waals surface area contributed by atoms with Crippen LogP contribution in [0.15, 0.2) is 48.5 Å². The summed E-state index contributed by atoms with van der Waals surface area (Å²) in [7, 11) is 0. The minimum Gasteiger partial charge on any atom is -0.326 e. The lowest BCUT2D eigenvalue weighted by atomic mass is 9.81. The Morgan fingerprint density at radius 1 is 0.750 bits per heavy atom. The van der Waals surface area contributed by atoms with E-state index in [1.165, 1.54) is 0 Å². The molecule has 2 amide bonds. The highest BCUT2D eigenvalue weighted by Gasteiger charge is 2.30. The summed E-state index contributed by atoms with van der Waals surface area (Å²) in [5, 5.41) is 23.5. The summed E-state index contributed by atoms with van der Waals surface area (Å²) < 4.78 is 0. The van der Waals surface area contributed by atoms with Gasteiger partial charge in [-0.2, -0.15) is 10.5 Å². The van der Waals surface area contributed by atoms with Gasteiger partial charge >= 0.3 is 0 Å². The van der Waals surface area contributed by atoms with Gasteiger partial charge in [-0.15, -0.1) is 0 Å². The maximum atomic E-state index is 12.5. The minimum atomic E-state index is -0.135. The molecule has 0 saturated heterocycles. The van der Waals surface area contributed by atoms with E-state index in [4.69, 9.17) is 10.5 Å². The molecule has 28 heavy (non-hydrogen) atoms. The lowest BCUT2D eigenvalue weighted by Gasteiger charge is -2.27. The molecule has 1 aliphatic rings. The van der Waals surface area contributed by atoms with E-state index in [9.17, 15) is 9.59 Å². The van der Waals surface area contributed by atoms with Crippen LogP contribution in [0.1, 0.15) is 36.8 Å². The van der Waals surface area contributed by atoms with Gasteiger partial charge in [0.15, 0.2) is 0 Å². The second-order valence-electron chi connectivity index (χ2n) is 6.91. The molecule has 0 unspecified atom stereocenters. The summed E-state index contributed by atoms with van der Waals surface area (Å²) in [6, 6.07) is 17.7. The fraction of sp³-hybridized carbons (Fsp3) is 0.273. The predicted molar refractivity (Wildman–Crippen MR) is 105 cm³/mol. The first-order valence-corrected chi connectivity index (χ1v) is 9.21. The van der Waals surface area contributed by atoms with E-state index in [0.717, 1.165) is 0 Å². The number of rotatable bonds is 4. The van der Waals surface area contributed by atoms with E-state index in [2.05, 4.69) is 16.7 Å². The Hall–Kier alpha value is -3.64. The van der Waals surface area contributed by atoms with Crippen LogP contribution in [0, 0.1) is 34.5 Å². The average Bonchev–Trinajstić information content (AvgIpc) is 2.74. The summed E-state index contributed by atoms with van der Waals surface area (Å²) >= 11 is 0. The summed E-state index contributed by atoms with van der Waals surface area (Å²) in [5.74, 6) is -0.377. The first-order chi connectivity index (χ1) is 13.6. The second-order valence-corrected chi connectivity index (χ2v) is 6.91. The Bertz CT molecular complexity index is 946. The van der Waals surface area contributed by atoms with Crippen LogP contribution in [-0.4, -0.2) is 11.8 Å². The summed E-state index contributed by atoms with van der Waals surface area (Å²) in [4.78, 5) is 24.9. The van der Waals surface area contributed by atoms with Crippen molar-refractivity contribution >= 4 is 23.2 Å². The molecule has 3 rings (SSSR count). The number of carbonyl (C=O) groups excluding carboxylic acids is 2. The number of carbonyl (C=O) groups is 2. The normalized spacial score (nSPS) is 18.4. The van der Waals surface area contributed by atoms with Crippen molar-refractivity contribution < 1.29 is 9.59 Å². The number of anilines is 2. The van der Waals surface area contributed by atoms with Gasteiger partial charge in [-0.25, -0.2) is 0 Å². The van der Waals surface area contributed by atoms with E-state index < -0.39 is 0 Å². The zero-order chi connectivity index (χ0) is 19.9. The van der Waals surface area contributed by atoms with Gasteiger partial charge in [0, 0.05) is 23.2 Å². The molecule has 2 N–H and O–H groups in total. The standard InChI is InChI=1S/C22H20N4O2/c23-13-15-4-10-19(11-5-15)25-21(27)17-6-8-18(9-7-17)22(28)26-20-3-1-2-16(12-20)14-24/h1-5,10-12,17-18H,6-9H2,(H,25,27)(H,26,28). The van der Waals surface area contributed by atoms with Gasteiger partial charge in [-0.1, -0.05) is 6.07 Å². The number of nitrogens with zero attached hydrogens (tertiary/aromatic N) is 2. The number of benzene rings is 2. The molecule has 1 fully saturated rings. The molecule has 2 aromatic rings. The van der Waals surface area contributed by atoms with Crippen LogP contribution in [0.5, 0.6) is 0 Å². The molecular weight excluding hydrogens is 352 g/mol. The smallest absolute Gasteiger partial charge is 0.227 e. The summed E-state index contributed by atoms with van der Waals surface area (Å²) in [6.45, 7) is 0. The molecule has 0 aromatic heterocycles. The topological polar surface area (TPSA) is 106 Å². The molecule has 6 heteroatoms. The van der Waals surface area contributed by atoms with Crippen molar-refractivity contribution in [3.8, 4) is 12.1 Å². The van der Waals surface area contributed by atoms with Crippen molar-refractivity contribution in [2.75, 3.05) is 10.6 Å². The maximum Gasteiger partial charge on any atom is 0.227 e. The third-order valence-electron chi connectivity index (χ3n) is 5.01. The fourth-order valence-corrected chi connectivity index (χ4v) is 3.40. The molecule has 0 aliphatic heterocycles. The van der Waals surface area contributed by atoms with E-state index in [1.54, 1.807) is 48.5 Å². The van der Waals surface area contributed by atoms with Gasteiger partial charge in [0.25, 0.3) is 0 Å². The van der Waals surface area contributed by atoms with Crippen LogP contribution in [0.2, 0.25) is 0 Å². The van der Waals surface area contributed by atoms with Crippen LogP contribution in [-0.2, 0) is 9.59 Å². The highest BCUT2D eigenvalue weighted by Crippen LogP contribution is 2.30. The second kappa shape index (κ2) is 8.83. The molecule has 2 aromatic carbocycles. The van der Waals surface area contributed by atoms with Crippen molar-refractivity contribution in [3.63, 3.8) is 0 Å².